The third kappa shape index (κ3) is 3.94. The van der Waals surface area contributed by atoms with Crippen LogP contribution in [0.3, 0.4) is 0 Å². The fourth-order valence-electron chi connectivity index (χ4n) is 2.43. The molecule has 1 aliphatic heterocycles. The summed E-state index contributed by atoms with van der Waals surface area (Å²) in [4.78, 5) is 23.1. The number of ether oxygens (including phenoxy) is 1. The van der Waals surface area contributed by atoms with Gasteiger partial charge < -0.3 is 4.74 Å². The van der Waals surface area contributed by atoms with Crippen LogP contribution in [0.15, 0.2) is 53.1 Å². The summed E-state index contributed by atoms with van der Waals surface area (Å²) >= 11 is 12.1. The van der Waals surface area contributed by atoms with Crippen LogP contribution in [-0.4, -0.2) is 23.3 Å². The number of anilines is 1. The zero-order chi connectivity index (χ0) is 19.6. The molecular weight excluding hydrogens is 393 g/mol. The molecule has 9 heteroatoms. The number of amides is 1. The first-order chi connectivity index (χ1) is 12.9. The van der Waals surface area contributed by atoms with E-state index in [4.69, 9.17) is 27.9 Å². The molecule has 0 aliphatic carbocycles. The molecule has 0 fully saturated rings. The summed E-state index contributed by atoms with van der Waals surface area (Å²) in [7, 11) is 0. The fraction of sp³-hybridized carbons (Fsp3) is 0.111. The molecule has 0 spiro atoms. The number of halogens is 2. The van der Waals surface area contributed by atoms with Crippen LogP contribution in [0.5, 0.6) is 0 Å². The summed E-state index contributed by atoms with van der Waals surface area (Å²) in [6, 6.07) is 10.4. The Morgan fingerprint density at radius 3 is 2.52 bits per heavy atom. The van der Waals surface area contributed by atoms with Crippen LogP contribution in [0.25, 0.3) is 6.08 Å². The number of hydrogen-bond donors (Lipinski definition) is 0. The van der Waals surface area contributed by atoms with Gasteiger partial charge in [0.05, 0.1) is 17.2 Å². The molecule has 0 saturated heterocycles. The molecule has 1 amide bonds. The largest absolute Gasteiger partial charge is 0.476 e. The van der Waals surface area contributed by atoms with Crippen LogP contribution in [0.2, 0.25) is 10.0 Å². The molecule has 0 N–H and O–H groups in total. The second-order valence-electron chi connectivity index (χ2n) is 5.45. The maximum Gasteiger partial charge on any atom is 0.284 e. The van der Waals surface area contributed by atoms with E-state index in [-0.39, 0.29) is 17.2 Å². The predicted octanol–water partition coefficient (Wildman–Crippen LogP) is 4.68. The molecule has 0 unspecified atom stereocenters. The minimum Gasteiger partial charge on any atom is -0.476 e. The predicted molar refractivity (Wildman–Crippen MR) is 104 cm³/mol. The van der Waals surface area contributed by atoms with Crippen LogP contribution in [-0.2, 0) is 9.53 Å². The Labute approximate surface area is 164 Å². The molecule has 27 heavy (non-hydrogen) atoms. The van der Waals surface area contributed by atoms with Crippen LogP contribution in [0.4, 0.5) is 11.4 Å². The van der Waals surface area contributed by atoms with E-state index in [1.54, 1.807) is 31.2 Å². The topological polar surface area (TPSA) is 85.0 Å². The number of nitro benzene ring substituents is 1. The van der Waals surface area contributed by atoms with Gasteiger partial charge in [-0.3, -0.25) is 14.9 Å². The van der Waals surface area contributed by atoms with Gasteiger partial charge in [-0.25, -0.2) is 0 Å². The lowest BCUT2D eigenvalue weighted by atomic mass is 10.1. The van der Waals surface area contributed by atoms with Crippen molar-refractivity contribution in [2.45, 2.75) is 6.92 Å². The highest BCUT2D eigenvalue weighted by atomic mass is 35.5. The summed E-state index contributed by atoms with van der Waals surface area (Å²) in [5.41, 5.74) is 1.11. The first-order valence-electron chi connectivity index (χ1n) is 7.88. The number of hydrogen-bond acceptors (Lipinski definition) is 5. The van der Waals surface area contributed by atoms with Crippen molar-refractivity contribution >= 4 is 52.5 Å². The smallest absolute Gasteiger partial charge is 0.284 e. The van der Waals surface area contributed by atoms with E-state index in [0.29, 0.717) is 27.9 Å². The molecule has 2 aromatic carbocycles. The summed E-state index contributed by atoms with van der Waals surface area (Å²) in [5.74, 6) is -0.287. The van der Waals surface area contributed by atoms with Crippen molar-refractivity contribution in [3.8, 4) is 0 Å². The van der Waals surface area contributed by atoms with E-state index >= 15 is 0 Å². The van der Waals surface area contributed by atoms with Gasteiger partial charge in [0, 0.05) is 22.2 Å². The highest BCUT2D eigenvalue weighted by molar-refractivity contribution is 6.36. The molecule has 0 aromatic heterocycles. The van der Waals surface area contributed by atoms with E-state index in [1.807, 2.05) is 0 Å². The summed E-state index contributed by atoms with van der Waals surface area (Å²) in [5, 5.41) is 17.0. The van der Waals surface area contributed by atoms with Crippen LogP contribution < -0.4 is 5.01 Å². The number of carbonyl (C=O) groups is 1. The van der Waals surface area contributed by atoms with E-state index in [9.17, 15) is 14.9 Å². The minimum absolute atomic E-state index is 0.0804. The highest BCUT2D eigenvalue weighted by Gasteiger charge is 2.33. The van der Waals surface area contributed by atoms with Crippen LogP contribution >= 0.6 is 23.2 Å². The maximum atomic E-state index is 12.9. The summed E-state index contributed by atoms with van der Waals surface area (Å²) in [6.45, 7) is 2.08. The first kappa shape index (κ1) is 18.9. The monoisotopic (exact) mass is 405 g/mol. The summed E-state index contributed by atoms with van der Waals surface area (Å²) < 4.78 is 5.48. The Morgan fingerprint density at radius 1 is 1.22 bits per heavy atom. The lowest BCUT2D eigenvalue weighted by molar-refractivity contribution is -0.384. The van der Waals surface area contributed by atoms with Crippen molar-refractivity contribution in [3.63, 3.8) is 0 Å². The number of benzene rings is 2. The van der Waals surface area contributed by atoms with Gasteiger partial charge in [0.25, 0.3) is 11.6 Å². The van der Waals surface area contributed by atoms with Crippen LogP contribution in [0, 0.1) is 10.1 Å². The van der Waals surface area contributed by atoms with Gasteiger partial charge in [-0.15, -0.1) is 5.10 Å². The first-order valence-corrected chi connectivity index (χ1v) is 8.63. The van der Waals surface area contributed by atoms with E-state index in [0.717, 1.165) is 5.01 Å². The van der Waals surface area contributed by atoms with Crippen molar-refractivity contribution < 1.29 is 14.5 Å². The molecular formula is C18H13Cl2N3O4. The highest BCUT2D eigenvalue weighted by Crippen LogP contribution is 2.29. The summed E-state index contributed by atoms with van der Waals surface area (Å²) in [6.07, 6.45) is 1.57. The fourth-order valence-corrected chi connectivity index (χ4v) is 2.89. The lowest BCUT2D eigenvalue weighted by Crippen LogP contribution is -2.21. The van der Waals surface area contributed by atoms with Gasteiger partial charge in [-0.1, -0.05) is 29.3 Å². The van der Waals surface area contributed by atoms with Gasteiger partial charge in [0.15, 0.2) is 0 Å². The standard InChI is InChI=1S/C18H13Cl2N3O4/c1-2-27-17-15(9-11-3-4-12(19)10-16(11)20)18(24)22(21-17)13-5-7-14(8-6-13)23(25)26/h3-10H,2H2,1H3. The Hall–Kier alpha value is -2.90. The minimum atomic E-state index is -0.516. The van der Waals surface area contributed by atoms with Gasteiger partial charge in [-0.05, 0) is 42.8 Å². The second kappa shape index (κ2) is 7.77. The quantitative estimate of drug-likeness (QED) is 0.419. The average Bonchev–Trinajstić information content (AvgIpc) is 2.94. The number of hydrazone groups is 1. The molecule has 0 saturated carbocycles. The van der Waals surface area contributed by atoms with E-state index in [1.165, 1.54) is 24.3 Å². The third-order valence-electron chi connectivity index (χ3n) is 3.69. The lowest BCUT2D eigenvalue weighted by Gasteiger charge is -2.10. The molecule has 2 aromatic rings. The van der Waals surface area contributed by atoms with Crippen molar-refractivity contribution in [1.29, 1.82) is 0 Å². The number of carbonyl (C=O) groups excluding carboxylic acids is 1. The van der Waals surface area contributed by atoms with Crippen molar-refractivity contribution in [3.05, 3.63) is 73.8 Å². The van der Waals surface area contributed by atoms with Gasteiger partial charge in [0.1, 0.15) is 5.57 Å². The molecule has 0 atom stereocenters. The Morgan fingerprint density at radius 2 is 1.93 bits per heavy atom. The third-order valence-corrected chi connectivity index (χ3v) is 4.25. The molecule has 138 valence electrons. The van der Waals surface area contributed by atoms with Gasteiger partial charge >= 0.3 is 0 Å². The molecule has 7 nitrogen and oxygen atoms in total. The van der Waals surface area contributed by atoms with Crippen LogP contribution in [0.1, 0.15) is 12.5 Å². The van der Waals surface area contributed by atoms with Crippen molar-refractivity contribution in [2.24, 2.45) is 5.10 Å². The molecule has 0 radical (unpaired) electrons. The molecule has 1 aliphatic rings. The average molecular weight is 406 g/mol. The zero-order valence-corrected chi connectivity index (χ0v) is 15.6. The van der Waals surface area contributed by atoms with Crippen molar-refractivity contribution in [1.82, 2.24) is 0 Å². The molecule has 1 heterocycles. The normalized spacial score (nSPS) is 15.2. The van der Waals surface area contributed by atoms with E-state index in [2.05, 4.69) is 5.10 Å². The second-order valence-corrected chi connectivity index (χ2v) is 6.30. The zero-order valence-electron chi connectivity index (χ0n) is 14.1. The van der Waals surface area contributed by atoms with E-state index < -0.39 is 10.8 Å². The molecule has 3 rings (SSSR count). The van der Waals surface area contributed by atoms with Gasteiger partial charge in [0.2, 0.25) is 5.90 Å². The SMILES string of the molecule is CCOC1=NN(c2ccc([N+](=O)[O-])cc2)C(=O)C1=Cc1ccc(Cl)cc1Cl. The number of rotatable bonds is 4. The Kier molecular flexibility index (Phi) is 5.43. The Balaban J connectivity index is 1.98. The number of nitrogens with zero attached hydrogens (tertiary/aromatic N) is 3. The Bertz CT molecular complexity index is 971. The number of non-ortho nitro benzene ring substituents is 1. The molecule has 0 bridgehead atoms. The number of nitro groups is 1. The maximum absolute atomic E-state index is 12.9. The van der Waals surface area contributed by atoms with Gasteiger partial charge in [-0.2, -0.15) is 5.01 Å². The van der Waals surface area contributed by atoms with Crippen molar-refractivity contribution in [2.75, 3.05) is 11.6 Å².